The average molecular weight is 687 g/mol. The largest absolute Gasteiger partial charge is 0.0622 e. The Morgan fingerprint density at radius 2 is 0.481 bits per heavy atom. The fraction of sp³-hybridized carbons (Fsp3) is 0. The highest BCUT2D eigenvalue weighted by molar-refractivity contribution is 6.12. The molecule has 0 nitrogen and oxygen atoms in total. The molecule has 0 saturated heterocycles. The zero-order valence-corrected chi connectivity index (χ0v) is 29.9. The summed E-state index contributed by atoms with van der Waals surface area (Å²) in [6.45, 7) is 0. The monoisotopic (exact) mass is 686 g/mol. The molecule has 0 heterocycles. The molecule has 254 valence electrons. The van der Waals surface area contributed by atoms with Crippen LogP contribution in [0.5, 0.6) is 0 Å². The highest BCUT2D eigenvalue weighted by atomic mass is 14.2. The van der Waals surface area contributed by atoms with E-state index >= 15 is 0 Å². The van der Waals surface area contributed by atoms with Crippen LogP contribution in [-0.2, 0) is 0 Å². The molecule has 0 heteroatoms. The number of fused-ring (bicyclic) bond motifs is 2. The predicted molar refractivity (Wildman–Crippen MR) is 232 cm³/mol. The lowest BCUT2D eigenvalue weighted by Gasteiger charge is -2.17. The van der Waals surface area contributed by atoms with Crippen LogP contribution in [0.2, 0.25) is 0 Å². The molecular formula is C54H38. The van der Waals surface area contributed by atoms with Crippen LogP contribution in [0.4, 0.5) is 0 Å². The molecule has 0 saturated carbocycles. The molecule has 9 aromatic carbocycles. The summed E-state index contributed by atoms with van der Waals surface area (Å²) in [6.07, 6.45) is 0. The molecule has 0 aliphatic carbocycles. The number of benzene rings is 8. The van der Waals surface area contributed by atoms with Crippen molar-refractivity contribution in [3.63, 3.8) is 0 Å². The number of rotatable bonds is 6. The third-order valence-electron chi connectivity index (χ3n) is 10.3. The Hall–Kier alpha value is -7.02. The van der Waals surface area contributed by atoms with E-state index in [1.54, 1.807) is 0 Å². The van der Waals surface area contributed by atoms with Gasteiger partial charge >= 0.3 is 0 Å². The van der Waals surface area contributed by atoms with E-state index in [0.717, 1.165) is 0 Å². The van der Waals surface area contributed by atoms with Crippen LogP contribution in [0.1, 0.15) is 0 Å². The molecule has 0 atom stereocenters. The lowest BCUT2D eigenvalue weighted by molar-refractivity contribution is 1.57. The summed E-state index contributed by atoms with van der Waals surface area (Å²) >= 11 is 0. The van der Waals surface area contributed by atoms with Crippen LogP contribution in [0, 0.1) is 0 Å². The van der Waals surface area contributed by atoms with Gasteiger partial charge in [-0.2, -0.15) is 0 Å². The molecule has 0 amide bonds. The highest BCUT2D eigenvalue weighted by Crippen LogP contribution is 2.43. The molecule has 0 spiro atoms. The zero-order chi connectivity index (χ0) is 36.1. The first-order valence-corrected chi connectivity index (χ1v) is 18.6. The second-order valence-electron chi connectivity index (χ2n) is 13.7. The second-order valence-corrected chi connectivity index (χ2v) is 13.7. The lowest BCUT2D eigenvalue weighted by Crippen LogP contribution is -1.91. The highest BCUT2D eigenvalue weighted by Gasteiger charge is 2.16. The van der Waals surface area contributed by atoms with Crippen LogP contribution in [-0.4, -0.2) is 0 Å². The van der Waals surface area contributed by atoms with Gasteiger partial charge in [-0.1, -0.05) is 206 Å². The van der Waals surface area contributed by atoms with Crippen LogP contribution in [0.15, 0.2) is 231 Å². The number of hydrogen-bond donors (Lipinski definition) is 0. The van der Waals surface area contributed by atoms with Gasteiger partial charge in [0, 0.05) is 0 Å². The summed E-state index contributed by atoms with van der Waals surface area (Å²) in [5, 5.41) is 4.80. The van der Waals surface area contributed by atoms with E-state index in [-0.39, 0.29) is 0 Å². The van der Waals surface area contributed by atoms with E-state index in [9.17, 15) is 0 Å². The molecule has 0 radical (unpaired) electrons. The molecule has 9 rings (SSSR count). The van der Waals surface area contributed by atoms with E-state index in [2.05, 4.69) is 231 Å². The topological polar surface area (TPSA) is 0 Å². The van der Waals surface area contributed by atoms with Gasteiger partial charge in [-0.05, 0) is 113 Å². The van der Waals surface area contributed by atoms with E-state index in [4.69, 9.17) is 0 Å². The Kier molecular flexibility index (Phi) is 9.07. The van der Waals surface area contributed by atoms with Crippen LogP contribution in [0.3, 0.4) is 0 Å². The molecule has 0 fully saturated rings. The first-order chi connectivity index (χ1) is 26.8. The molecule has 0 unspecified atom stereocenters. The summed E-state index contributed by atoms with van der Waals surface area (Å²) in [5.74, 6) is 0. The maximum Gasteiger partial charge on any atom is -0.00926 e. The van der Waals surface area contributed by atoms with Gasteiger partial charge in [0.1, 0.15) is 0 Å². The maximum absolute atomic E-state index is 2.39. The van der Waals surface area contributed by atoms with Crippen LogP contribution >= 0.6 is 0 Å². The van der Waals surface area contributed by atoms with Gasteiger partial charge in [-0.3, -0.25) is 0 Å². The Morgan fingerprint density at radius 3 is 0.870 bits per heavy atom. The molecule has 0 N–H and O–H groups in total. The van der Waals surface area contributed by atoms with Gasteiger partial charge in [0.05, 0.1) is 0 Å². The van der Waals surface area contributed by atoms with Gasteiger partial charge < -0.3 is 0 Å². The molecule has 0 aliphatic rings. The van der Waals surface area contributed by atoms with Crippen molar-refractivity contribution < 1.29 is 0 Å². The smallest absolute Gasteiger partial charge is 0.00926 e. The zero-order valence-electron chi connectivity index (χ0n) is 29.9. The van der Waals surface area contributed by atoms with Crippen molar-refractivity contribution in [3.05, 3.63) is 231 Å². The van der Waals surface area contributed by atoms with Crippen molar-refractivity contribution in [2.24, 2.45) is 0 Å². The van der Waals surface area contributed by atoms with Gasteiger partial charge in [-0.15, -0.1) is 0 Å². The molecule has 54 heavy (non-hydrogen) atoms. The van der Waals surface area contributed by atoms with Crippen LogP contribution < -0.4 is 0 Å². The third kappa shape index (κ3) is 6.58. The van der Waals surface area contributed by atoms with Gasteiger partial charge in [0.2, 0.25) is 0 Å². The van der Waals surface area contributed by atoms with Gasteiger partial charge in [-0.25, -0.2) is 0 Å². The van der Waals surface area contributed by atoms with E-state index < -0.39 is 0 Å². The maximum atomic E-state index is 2.39. The minimum absolute atomic E-state index is 1.17. The van der Waals surface area contributed by atoms with Crippen molar-refractivity contribution in [3.8, 4) is 66.8 Å². The fourth-order valence-electron chi connectivity index (χ4n) is 7.66. The summed E-state index contributed by atoms with van der Waals surface area (Å²) < 4.78 is 0. The average Bonchev–Trinajstić information content (AvgIpc) is 3.25. The molecule has 9 aromatic rings. The first kappa shape index (κ1) is 32.9. The quantitative estimate of drug-likeness (QED) is 0.163. The molecular weight excluding hydrogens is 649 g/mol. The minimum atomic E-state index is 1.17. The lowest BCUT2D eigenvalue weighted by atomic mass is 9.86. The van der Waals surface area contributed by atoms with E-state index in [0.29, 0.717) is 0 Å². The first-order valence-electron chi connectivity index (χ1n) is 18.6. The second kappa shape index (κ2) is 14.9. The summed E-state index contributed by atoms with van der Waals surface area (Å²) in [4.78, 5) is 0. The van der Waals surface area contributed by atoms with Crippen molar-refractivity contribution >= 4 is 21.5 Å². The summed E-state index contributed by atoms with van der Waals surface area (Å²) in [7, 11) is 0. The Bertz CT molecular complexity index is 2590. The number of hydrogen-bond acceptors (Lipinski definition) is 0. The third-order valence-corrected chi connectivity index (χ3v) is 10.3. The fourth-order valence-corrected chi connectivity index (χ4v) is 7.66. The van der Waals surface area contributed by atoms with Crippen molar-refractivity contribution in [2.75, 3.05) is 0 Å². The molecule has 0 aliphatic heterocycles. The standard InChI is InChI=1S/C54H38/c1-2-16-30-48(50-34-32-46(40-21-9-4-10-22-40)36-52(50)42-25-13-6-14-26-42)54-38-44-28-18-17-27-43(44)37-53(54)47(29-15-1)49-33-31-45(39-19-7-3-8-20-39)35-51(49)41-23-11-5-12-24-41/h1-38H. The normalized spacial score (nSPS) is 11.0. The van der Waals surface area contributed by atoms with Crippen molar-refractivity contribution in [1.29, 1.82) is 0 Å². The summed E-state index contributed by atoms with van der Waals surface area (Å²) in [6, 6.07) is 83.6. The Morgan fingerprint density at radius 1 is 0.167 bits per heavy atom. The molecule has 0 aromatic heterocycles. The minimum Gasteiger partial charge on any atom is -0.0622 e. The Labute approximate surface area is 317 Å². The van der Waals surface area contributed by atoms with Crippen LogP contribution in [0.25, 0.3) is 88.3 Å². The Balaban J connectivity index is 1.39. The van der Waals surface area contributed by atoms with Gasteiger partial charge in [0.15, 0.2) is 0 Å². The predicted octanol–water partition coefficient (Wildman–Crippen LogP) is 15.1. The van der Waals surface area contributed by atoms with E-state index in [1.165, 1.54) is 88.3 Å². The van der Waals surface area contributed by atoms with E-state index in [1.807, 2.05) is 0 Å². The molecule has 0 bridgehead atoms. The van der Waals surface area contributed by atoms with Crippen molar-refractivity contribution in [1.82, 2.24) is 0 Å². The summed E-state index contributed by atoms with van der Waals surface area (Å²) in [5.41, 5.74) is 14.3. The SMILES string of the molecule is c1ccc(-c2ccc(-c3ccccccc(-c4ccc(-c5ccccc5)cc4-c4ccccc4)c4cc5ccccc5cc34)c(-c3ccccc3)c2)cc1. The van der Waals surface area contributed by atoms with Gasteiger partial charge in [0.25, 0.3) is 0 Å². The van der Waals surface area contributed by atoms with Crippen molar-refractivity contribution in [2.45, 2.75) is 0 Å².